The highest BCUT2D eigenvalue weighted by molar-refractivity contribution is 7.25. The number of rotatable bonds is 4. The van der Waals surface area contributed by atoms with Gasteiger partial charge < -0.3 is 14.2 Å². The third-order valence-corrected chi connectivity index (χ3v) is 5.34. The molecule has 0 aliphatic carbocycles. The zero-order valence-electron chi connectivity index (χ0n) is 13.6. The second kappa shape index (κ2) is 5.32. The summed E-state index contributed by atoms with van der Waals surface area (Å²) in [6, 6.07) is 0. The van der Waals surface area contributed by atoms with E-state index in [2.05, 4.69) is 34.6 Å². The van der Waals surface area contributed by atoms with Gasteiger partial charge in [-0.15, -0.1) is 11.3 Å². The Morgan fingerprint density at radius 2 is 1.70 bits per heavy atom. The highest BCUT2D eigenvalue weighted by Gasteiger charge is 2.53. The normalized spacial score (nSPS) is 20.4. The lowest BCUT2D eigenvalue weighted by molar-refractivity contribution is 0.00578. The molecule has 0 unspecified atom stereocenters. The fourth-order valence-electron chi connectivity index (χ4n) is 2.09. The highest BCUT2D eigenvalue weighted by atomic mass is 32.1. The van der Waals surface area contributed by atoms with Gasteiger partial charge in [0.1, 0.15) is 0 Å². The molecule has 0 atom stereocenters. The number of thiazole rings is 1. The molecule has 2 heterocycles. The minimum atomic E-state index is -0.302. The Labute approximate surface area is 126 Å². The average Bonchev–Trinajstić information content (AvgIpc) is 2.79. The summed E-state index contributed by atoms with van der Waals surface area (Å²) in [6.07, 6.45) is 2.03. The first-order chi connectivity index (χ1) is 9.18. The lowest BCUT2D eigenvalue weighted by Crippen LogP contribution is -2.41. The van der Waals surface area contributed by atoms with Gasteiger partial charge in [0.05, 0.1) is 21.7 Å². The summed E-state index contributed by atoms with van der Waals surface area (Å²) in [5.41, 5.74) is 0.507. The van der Waals surface area contributed by atoms with Crippen molar-refractivity contribution in [1.29, 1.82) is 0 Å². The maximum atomic E-state index is 6.16. The number of nitrogens with zero attached hydrogens (tertiary/aromatic N) is 2. The van der Waals surface area contributed by atoms with Gasteiger partial charge >= 0.3 is 7.12 Å². The van der Waals surface area contributed by atoms with Gasteiger partial charge in [-0.2, -0.15) is 0 Å². The Balaban J connectivity index is 2.33. The first-order valence-electron chi connectivity index (χ1n) is 7.20. The molecule has 1 aliphatic rings. The molecule has 1 aromatic rings. The van der Waals surface area contributed by atoms with E-state index in [1.165, 1.54) is 0 Å². The number of anilines is 1. The molecule has 0 spiro atoms. The van der Waals surface area contributed by atoms with Gasteiger partial charge in [-0.3, -0.25) is 0 Å². The number of hydrogen-bond acceptors (Lipinski definition) is 5. The summed E-state index contributed by atoms with van der Waals surface area (Å²) < 4.78 is 13.4. The molecule has 112 valence electrons. The Hall–Kier alpha value is -0.585. The Bertz CT molecular complexity index is 470. The monoisotopic (exact) mass is 296 g/mol. The van der Waals surface area contributed by atoms with Gasteiger partial charge in [0, 0.05) is 14.1 Å². The summed E-state index contributed by atoms with van der Waals surface area (Å²) in [4.78, 5) is 6.76. The van der Waals surface area contributed by atoms with E-state index in [0.717, 1.165) is 28.4 Å². The van der Waals surface area contributed by atoms with Crippen molar-refractivity contribution in [2.45, 2.75) is 58.7 Å². The molecule has 0 aromatic carbocycles. The number of hydrogen-bond donors (Lipinski definition) is 0. The van der Waals surface area contributed by atoms with E-state index in [1.807, 2.05) is 19.0 Å². The molecular weight excluding hydrogens is 271 g/mol. The van der Waals surface area contributed by atoms with Gasteiger partial charge in [-0.05, 0) is 34.1 Å². The van der Waals surface area contributed by atoms with Crippen molar-refractivity contribution in [3.05, 3.63) is 5.69 Å². The van der Waals surface area contributed by atoms with Gasteiger partial charge in [0.2, 0.25) is 0 Å². The molecule has 4 nitrogen and oxygen atoms in total. The van der Waals surface area contributed by atoms with Crippen LogP contribution in [0.3, 0.4) is 0 Å². The zero-order valence-corrected chi connectivity index (χ0v) is 14.4. The van der Waals surface area contributed by atoms with Crippen molar-refractivity contribution in [3.63, 3.8) is 0 Å². The Morgan fingerprint density at radius 1 is 1.15 bits per heavy atom. The predicted octanol–water partition coefficient (Wildman–Crippen LogP) is 2.46. The summed E-state index contributed by atoms with van der Waals surface area (Å²) >= 11 is 1.67. The van der Waals surface area contributed by atoms with Gasteiger partial charge in [-0.25, -0.2) is 4.98 Å². The third kappa shape index (κ3) is 2.74. The van der Waals surface area contributed by atoms with Crippen LogP contribution < -0.4 is 9.68 Å². The van der Waals surface area contributed by atoms with Crippen molar-refractivity contribution in [1.82, 2.24) is 4.98 Å². The van der Waals surface area contributed by atoms with Crippen molar-refractivity contribution in [3.8, 4) is 0 Å². The molecule has 0 amide bonds. The molecule has 1 aromatic heterocycles. The largest absolute Gasteiger partial charge is 0.507 e. The van der Waals surface area contributed by atoms with E-state index in [9.17, 15) is 0 Å². The lowest BCUT2D eigenvalue weighted by atomic mass is 9.85. The summed E-state index contributed by atoms with van der Waals surface area (Å²) in [5.74, 6) is 0. The van der Waals surface area contributed by atoms with Crippen LogP contribution >= 0.6 is 11.3 Å². The van der Waals surface area contributed by atoms with E-state index in [4.69, 9.17) is 14.3 Å². The maximum Gasteiger partial charge on any atom is 0.507 e. The quantitative estimate of drug-likeness (QED) is 0.799. The van der Waals surface area contributed by atoms with Crippen LogP contribution in [0.2, 0.25) is 0 Å². The molecule has 1 aliphatic heterocycles. The molecule has 1 fully saturated rings. The van der Waals surface area contributed by atoms with E-state index >= 15 is 0 Å². The van der Waals surface area contributed by atoms with Crippen LogP contribution in [-0.2, 0) is 15.7 Å². The molecule has 0 radical (unpaired) electrons. The SMILES string of the molecule is CCCc1nc(N(C)C)sc1B1OC(C)(C)C(C)(C)O1. The van der Waals surface area contributed by atoms with Gasteiger partial charge in [-0.1, -0.05) is 13.3 Å². The average molecular weight is 296 g/mol. The minimum Gasteiger partial charge on any atom is -0.399 e. The van der Waals surface area contributed by atoms with Crippen LogP contribution in [0, 0.1) is 0 Å². The van der Waals surface area contributed by atoms with Gasteiger partial charge in [0.15, 0.2) is 5.13 Å². The van der Waals surface area contributed by atoms with E-state index in [-0.39, 0.29) is 18.3 Å². The summed E-state index contributed by atoms with van der Waals surface area (Å²) in [6.45, 7) is 10.5. The Morgan fingerprint density at radius 3 is 2.15 bits per heavy atom. The topological polar surface area (TPSA) is 34.6 Å². The van der Waals surface area contributed by atoms with Crippen molar-refractivity contribution >= 4 is 28.4 Å². The molecule has 0 bridgehead atoms. The van der Waals surface area contributed by atoms with E-state index < -0.39 is 0 Å². The minimum absolute atomic E-state index is 0.298. The number of aromatic nitrogens is 1. The fourth-order valence-corrected chi connectivity index (χ4v) is 3.09. The zero-order chi connectivity index (χ0) is 15.1. The third-order valence-electron chi connectivity index (χ3n) is 4.05. The first kappa shape index (κ1) is 15.8. The molecule has 2 rings (SSSR count). The van der Waals surface area contributed by atoms with Crippen molar-refractivity contribution in [2.75, 3.05) is 19.0 Å². The van der Waals surface area contributed by atoms with Gasteiger partial charge in [0.25, 0.3) is 0 Å². The Kier molecular flexibility index (Phi) is 4.20. The highest BCUT2D eigenvalue weighted by Crippen LogP contribution is 2.37. The second-order valence-corrected chi connectivity index (χ2v) is 7.55. The van der Waals surface area contributed by atoms with Crippen LogP contribution in [0.15, 0.2) is 0 Å². The molecular formula is C14H25BN2O2S. The van der Waals surface area contributed by atoms with Crippen LogP contribution in [0.25, 0.3) is 0 Å². The van der Waals surface area contributed by atoms with E-state index in [1.54, 1.807) is 11.3 Å². The van der Waals surface area contributed by atoms with Crippen LogP contribution in [-0.4, -0.2) is 37.4 Å². The maximum absolute atomic E-state index is 6.16. The van der Waals surface area contributed by atoms with Crippen LogP contribution in [0.4, 0.5) is 5.13 Å². The molecule has 1 saturated heterocycles. The molecule has 0 saturated carbocycles. The smallest absolute Gasteiger partial charge is 0.399 e. The lowest BCUT2D eigenvalue weighted by Gasteiger charge is -2.32. The van der Waals surface area contributed by atoms with Crippen LogP contribution in [0.5, 0.6) is 0 Å². The first-order valence-corrected chi connectivity index (χ1v) is 8.02. The molecule has 6 heteroatoms. The van der Waals surface area contributed by atoms with E-state index in [0.29, 0.717) is 0 Å². The fraction of sp³-hybridized carbons (Fsp3) is 0.786. The predicted molar refractivity (Wildman–Crippen MR) is 86.2 cm³/mol. The van der Waals surface area contributed by atoms with Crippen LogP contribution in [0.1, 0.15) is 46.7 Å². The molecule has 0 N–H and O–H groups in total. The summed E-state index contributed by atoms with van der Waals surface area (Å²) in [7, 11) is 3.73. The summed E-state index contributed by atoms with van der Waals surface area (Å²) in [5, 5.41) is 1.01. The number of aryl methyl sites for hydroxylation is 1. The van der Waals surface area contributed by atoms with Crippen molar-refractivity contribution < 1.29 is 9.31 Å². The second-order valence-electron chi connectivity index (χ2n) is 6.54. The van der Waals surface area contributed by atoms with Crippen molar-refractivity contribution in [2.24, 2.45) is 0 Å². The standard InChI is InChI=1S/C14H25BN2O2S/c1-8-9-10-11(20-12(16-10)17(6)7)15-18-13(2,3)14(4,5)19-15/h8-9H2,1-7H3. The molecule has 20 heavy (non-hydrogen) atoms.